The molecule has 4 aliphatic heterocycles. The van der Waals surface area contributed by atoms with Crippen LogP contribution < -0.4 is 9.71 Å². The monoisotopic (exact) mass is 1280 g/mol. The number of nitrogens with one attached hydrogen (secondary N) is 2. The van der Waals surface area contributed by atoms with Crippen LogP contribution in [0.3, 0.4) is 0 Å². The SMILES string of the molecule is Brc1cc(-c2cc3c([nH]2)N=[C+]C=C3)nc(-c2cc3cccnc3[nH]2)c1.C1=C(c2cc(N3c4ccccc4Sc4ccccc43)cc(C3=Cc4cccnc4C3)n2)Cc2ncccc21.C1CCC1.CC1(C)OB(N2c3ccccc3Sc3ccccc32)OC1(C)C. The van der Waals surface area contributed by atoms with Crippen molar-refractivity contribution in [3.63, 3.8) is 0 Å². The van der Waals surface area contributed by atoms with Crippen LogP contribution in [-0.2, 0) is 22.2 Å². The average Bonchev–Trinajstić information content (AvgIpc) is 1.50. The molecule has 18 rings (SSSR count). The maximum atomic E-state index is 6.31. The van der Waals surface area contributed by atoms with Gasteiger partial charge in [-0.1, -0.05) is 126 Å². The molecule has 1 saturated carbocycles. The number of hydrogen-bond donors (Lipinski definition) is 2. The lowest BCUT2D eigenvalue weighted by molar-refractivity contribution is 0.00578. The van der Waals surface area contributed by atoms with Gasteiger partial charge in [0.1, 0.15) is 17.3 Å². The lowest BCUT2D eigenvalue weighted by Crippen LogP contribution is -2.41. The van der Waals surface area contributed by atoms with E-state index in [1.807, 2.05) is 72.7 Å². The summed E-state index contributed by atoms with van der Waals surface area (Å²) in [6.45, 7) is 8.35. The first-order chi connectivity index (χ1) is 43.9. The van der Waals surface area contributed by atoms with Crippen molar-refractivity contribution < 1.29 is 9.31 Å². The molecule has 2 N–H and O–H groups in total. The molecule has 0 atom stereocenters. The second kappa shape index (κ2) is 24.1. The van der Waals surface area contributed by atoms with Crippen molar-refractivity contribution in [1.29, 1.82) is 0 Å². The van der Waals surface area contributed by atoms with E-state index in [-0.39, 0.29) is 11.2 Å². The smallest absolute Gasteiger partial charge is 0.384 e. The predicted molar refractivity (Wildman–Crippen MR) is 371 cm³/mol. The molecule has 1 saturated heterocycles. The van der Waals surface area contributed by atoms with E-state index in [1.165, 1.54) is 78.9 Å². The van der Waals surface area contributed by atoms with Crippen LogP contribution in [-0.4, -0.2) is 59.6 Å². The van der Waals surface area contributed by atoms with E-state index in [2.05, 4.69) is 229 Å². The number of para-hydroxylation sites is 4. The number of rotatable bonds is 6. The summed E-state index contributed by atoms with van der Waals surface area (Å²) < 4.78 is 13.6. The zero-order chi connectivity index (χ0) is 60.9. The number of allylic oxidation sites excluding steroid dienone is 3. The van der Waals surface area contributed by atoms with Gasteiger partial charge < -0.3 is 24.0 Å². The van der Waals surface area contributed by atoms with Gasteiger partial charge in [-0.25, -0.2) is 15.0 Å². The van der Waals surface area contributed by atoms with Crippen molar-refractivity contribution in [3.05, 3.63) is 238 Å². The minimum Gasteiger partial charge on any atom is -0.384 e. The summed E-state index contributed by atoms with van der Waals surface area (Å²) in [6.07, 6.45) is 24.2. The standard InChI is InChI=1S/C33H22N4S.C19H11BrN5.C18H20BNO2S.C4H8/c1-3-11-32-30(9-1)37(31-10-2-4-12-33(31)38-32)25-19-28(23-15-21-7-5-13-34-26(21)17-23)36-29(20-25)24-16-22-8-6-14-35-27(22)18-24;20-13-9-16(14-7-11-3-1-5-21-18(11)24-14)23-17(10-13)15-8-12-4-2-6-22-19(12)25-15;1-17(2)18(3,4)22-19(21-17)20-13-9-5-7-11-15(13)23-16-12-8-6-10-14(16)20;1-2-4-3-1/h1-16,19-20H,17-18H2;1-5,7-10H,(H,21,24)(H,22,25);5-12H,1-4H3;1-4H2/q;+1;;. The number of aliphatic imine (C=N–C) groups is 1. The van der Waals surface area contributed by atoms with E-state index >= 15 is 0 Å². The summed E-state index contributed by atoms with van der Waals surface area (Å²) >= 11 is 7.21. The molecule has 7 aliphatic rings. The molecular weight excluding hydrogens is 1220 g/mol. The first kappa shape index (κ1) is 57.5. The Kier molecular flexibility index (Phi) is 15.4. The van der Waals surface area contributed by atoms with Crippen molar-refractivity contribution in [2.24, 2.45) is 4.99 Å². The highest BCUT2D eigenvalue weighted by Gasteiger charge is 2.55. The highest BCUT2D eigenvalue weighted by molar-refractivity contribution is 9.10. The van der Waals surface area contributed by atoms with Crippen LogP contribution in [0, 0.1) is 0 Å². The molecule has 0 bridgehead atoms. The number of hydrogen-bond acceptors (Lipinski definition) is 12. The van der Waals surface area contributed by atoms with Gasteiger partial charge in [0.2, 0.25) is 0 Å². The Labute approximate surface area is 541 Å². The Bertz CT molecular complexity index is 4460. The van der Waals surface area contributed by atoms with Gasteiger partial charge in [0.25, 0.3) is 5.82 Å². The number of benzene rings is 4. The predicted octanol–water partition coefficient (Wildman–Crippen LogP) is 19.4. The summed E-state index contributed by atoms with van der Waals surface area (Å²) in [7, 11) is -0.428. The third-order valence-electron chi connectivity index (χ3n) is 17.4. The van der Waals surface area contributed by atoms with Crippen LogP contribution in [0.25, 0.3) is 63.2 Å². The Balaban J connectivity index is 0.000000113. The quantitative estimate of drug-likeness (QED) is 0.122. The lowest BCUT2D eigenvalue weighted by Gasteiger charge is -2.34. The third-order valence-corrected chi connectivity index (χ3v) is 20.1. The summed E-state index contributed by atoms with van der Waals surface area (Å²) in [5.41, 5.74) is 19.4. The Morgan fingerprint density at radius 3 is 1.53 bits per heavy atom. The van der Waals surface area contributed by atoms with Crippen LogP contribution in [0.4, 0.5) is 34.3 Å². The molecule has 0 unspecified atom stereocenters. The summed E-state index contributed by atoms with van der Waals surface area (Å²) in [6, 6.07) is 58.9. The van der Waals surface area contributed by atoms with Crippen LogP contribution in [0.2, 0.25) is 0 Å². The number of aromatic amines is 2. The van der Waals surface area contributed by atoms with E-state index in [4.69, 9.17) is 19.3 Å². The van der Waals surface area contributed by atoms with Gasteiger partial charge >= 0.3 is 7.25 Å². The van der Waals surface area contributed by atoms with Crippen molar-refractivity contribution in [2.75, 3.05) is 9.71 Å². The van der Waals surface area contributed by atoms with Gasteiger partial charge in [0, 0.05) is 78.3 Å². The summed E-state index contributed by atoms with van der Waals surface area (Å²) in [5, 5.41) is 1.06. The van der Waals surface area contributed by atoms with Crippen LogP contribution in [0.1, 0.15) is 92.8 Å². The maximum absolute atomic E-state index is 6.31. The molecule has 0 spiro atoms. The van der Waals surface area contributed by atoms with Gasteiger partial charge in [-0.05, 0) is 170 Å². The number of pyridine rings is 5. The Morgan fingerprint density at radius 2 is 1.01 bits per heavy atom. The molecule has 0 amide bonds. The maximum Gasteiger partial charge on any atom is 0.599 e. The molecule has 0 radical (unpaired) electrons. The molecule has 440 valence electrons. The zero-order valence-corrected chi connectivity index (χ0v) is 53.3. The zero-order valence-electron chi connectivity index (χ0n) is 50.1. The molecule has 11 aromatic rings. The summed E-state index contributed by atoms with van der Waals surface area (Å²) in [5.74, 6) is 0.802. The number of anilines is 5. The molecule has 3 aliphatic carbocycles. The van der Waals surface area contributed by atoms with E-state index in [0.29, 0.717) is 0 Å². The molecule has 16 heteroatoms. The largest absolute Gasteiger partial charge is 0.599 e. The number of halogens is 1. The molecule has 12 nitrogen and oxygen atoms in total. The van der Waals surface area contributed by atoms with Crippen LogP contribution in [0.15, 0.2) is 224 Å². The molecule has 2 fully saturated rings. The second-order valence-corrected chi connectivity index (χ2v) is 26.9. The third kappa shape index (κ3) is 11.3. The van der Waals surface area contributed by atoms with Gasteiger partial charge in [-0.2, -0.15) is 0 Å². The van der Waals surface area contributed by atoms with Crippen molar-refractivity contribution in [2.45, 2.75) is 97.0 Å². The number of nitrogens with zero attached hydrogens (tertiary/aromatic N) is 8. The normalized spacial score (nSPS) is 16.1. The topological polar surface area (TPSA) is 133 Å². The fourth-order valence-corrected chi connectivity index (χ4v) is 14.2. The molecule has 90 heavy (non-hydrogen) atoms. The fraction of sp³-hybridized carbons (Fsp3) is 0.162. The molecular formula is C74H61BBrN10O2S2+. The van der Waals surface area contributed by atoms with Crippen molar-refractivity contribution in [1.82, 2.24) is 34.9 Å². The van der Waals surface area contributed by atoms with E-state index < -0.39 is 7.25 Å². The number of fused-ring (bicyclic) bond motifs is 8. The highest BCUT2D eigenvalue weighted by atomic mass is 79.9. The average molecular weight is 1280 g/mol. The molecule has 11 heterocycles. The van der Waals surface area contributed by atoms with Crippen LogP contribution >= 0.6 is 39.5 Å². The van der Waals surface area contributed by atoms with E-state index in [0.717, 1.165) is 102 Å². The van der Waals surface area contributed by atoms with Gasteiger partial charge in [-0.15, -0.1) is 0 Å². The van der Waals surface area contributed by atoms with Gasteiger partial charge in [0.05, 0.1) is 79.9 Å². The molecule has 4 aromatic carbocycles. The molecule has 7 aromatic heterocycles. The lowest BCUT2D eigenvalue weighted by atomic mass is 9.90. The fourth-order valence-electron chi connectivity index (χ4n) is 11.6. The van der Waals surface area contributed by atoms with E-state index in [1.54, 1.807) is 24.0 Å². The Morgan fingerprint density at radius 1 is 0.522 bits per heavy atom. The van der Waals surface area contributed by atoms with Crippen LogP contribution in [0.5, 0.6) is 0 Å². The van der Waals surface area contributed by atoms with E-state index in [9.17, 15) is 0 Å². The van der Waals surface area contributed by atoms with Crippen molar-refractivity contribution >= 4 is 128 Å². The minimum absolute atomic E-state index is 0.355. The first-order valence-corrected chi connectivity index (χ1v) is 32.8. The summed E-state index contributed by atoms with van der Waals surface area (Å²) in [4.78, 5) is 44.0. The number of H-pyrrole nitrogens is 2. The second-order valence-electron chi connectivity index (χ2n) is 23.9. The highest BCUT2D eigenvalue weighted by Crippen LogP contribution is 2.53. The number of aromatic nitrogens is 7. The minimum atomic E-state index is -0.428. The van der Waals surface area contributed by atoms with Gasteiger partial charge in [0.15, 0.2) is 6.21 Å². The first-order valence-electron chi connectivity index (χ1n) is 30.4. The van der Waals surface area contributed by atoms with Gasteiger partial charge in [-0.3, -0.25) is 15.0 Å². The Hall–Kier alpha value is -8.99. The van der Waals surface area contributed by atoms with Crippen molar-refractivity contribution in [3.8, 4) is 22.8 Å².